The molecule has 124 valence electrons. The van der Waals surface area contributed by atoms with Crippen molar-refractivity contribution in [3.8, 4) is 0 Å². The fourth-order valence-electron chi connectivity index (χ4n) is 1.70. The van der Waals surface area contributed by atoms with Crippen molar-refractivity contribution < 1.29 is 30.4 Å². The minimum atomic E-state index is -5.00. The monoisotopic (exact) mass is 371 g/mol. The number of nitrogens with one attached hydrogen (secondary N) is 1. The van der Waals surface area contributed by atoms with Crippen molar-refractivity contribution >= 4 is 27.3 Å². The van der Waals surface area contributed by atoms with Crippen LogP contribution < -0.4 is 4.72 Å². The van der Waals surface area contributed by atoms with Gasteiger partial charge in [-0.05, 0) is 36.4 Å². The molecule has 0 unspecified atom stereocenters. The van der Waals surface area contributed by atoms with E-state index in [0.717, 1.165) is 18.2 Å². The summed E-state index contributed by atoms with van der Waals surface area (Å²) in [5.74, 6) is -2.45. The molecule has 0 aliphatic heterocycles. The first-order valence-electron chi connectivity index (χ1n) is 5.85. The molecule has 1 N–H and O–H groups in total. The van der Waals surface area contributed by atoms with Crippen molar-refractivity contribution in [3.63, 3.8) is 0 Å². The molecular formula is C13H7ClF5NO2S. The van der Waals surface area contributed by atoms with E-state index >= 15 is 0 Å². The molecule has 2 aromatic rings. The van der Waals surface area contributed by atoms with E-state index in [1.165, 1.54) is 0 Å². The summed E-state index contributed by atoms with van der Waals surface area (Å²) >= 11 is 5.65. The van der Waals surface area contributed by atoms with Gasteiger partial charge in [-0.15, -0.1) is 0 Å². The van der Waals surface area contributed by atoms with E-state index in [0.29, 0.717) is 18.2 Å². The summed E-state index contributed by atoms with van der Waals surface area (Å²) in [6, 6.07) is 4.07. The Hall–Kier alpha value is -1.87. The fraction of sp³-hybridized carbons (Fsp3) is 0.0769. The standard InChI is InChI=1S/C13H7ClF5NO2S/c14-10-3-1-7(15)5-12(10)23(21,22)20-8-2-4-11(16)9(6-8)13(17,18)19/h1-6,20H. The van der Waals surface area contributed by atoms with Gasteiger partial charge in [0.05, 0.1) is 10.6 Å². The predicted molar refractivity (Wildman–Crippen MR) is 73.6 cm³/mol. The lowest BCUT2D eigenvalue weighted by atomic mass is 10.2. The minimum Gasteiger partial charge on any atom is -0.280 e. The minimum absolute atomic E-state index is 0.292. The molecule has 0 spiro atoms. The van der Waals surface area contributed by atoms with Crippen LogP contribution in [0, 0.1) is 11.6 Å². The first-order chi connectivity index (χ1) is 10.5. The third-order valence-corrected chi connectivity index (χ3v) is 4.57. The Balaban J connectivity index is 2.44. The molecule has 23 heavy (non-hydrogen) atoms. The zero-order valence-electron chi connectivity index (χ0n) is 11.0. The number of alkyl halides is 3. The van der Waals surface area contributed by atoms with Crippen LogP contribution in [0.1, 0.15) is 5.56 Å². The highest BCUT2D eigenvalue weighted by Crippen LogP contribution is 2.33. The van der Waals surface area contributed by atoms with E-state index in [1.54, 1.807) is 4.72 Å². The lowest BCUT2D eigenvalue weighted by Crippen LogP contribution is -2.15. The first kappa shape index (κ1) is 17.5. The highest BCUT2D eigenvalue weighted by atomic mass is 35.5. The second kappa shape index (κ2) is 5.97. The maximum Gasteiger partial charge on any atom is 0.419 e. The largest absolute Gasteiger partial charge is 0.419 e. The number of halogens is 6. The smallest absolute Gasteiger partial charge is 0.280 e. The van der Waals surface area contributed by atoms with Crippen LogP contribution in [0.25, 0.3) is 0 Å². The Morgan fingerprint density at radius 1 is 1.00 bits per heavy atom. The maximum absolute atomic E-state index is 13.2. The SMILES string of the molecule is O=S(=O)(Nc1ccc(F)c(C(F)(F)F)c1)c1cc(F)ccc1Cl. The zero-order valence-corrected chi connectivity index (χ0v) is 12.5. The van der Waals surface area contributed by atoms with E-state index in [9.17, 15) is 30.4 Å². The van der Waals surface area contributed by atoms with Crippen LogP contribution in [0.4, 0.5) is 27.6 Å². The van der Waals surface area contributed by atoms with E-state index < -0.39 is 44.0 Å². The van der Waals surface area contributed by atoms with Crippen LogP contribution >= 0.6 is 11.6 Å². The molecule has 3 nitrogen and oxygen atoms in total. The Bertz CT molecular complexity index is 852. The first-order valence-corrected chi connectivity index (χ1v) is 7.71. The van der Waals surface area contributed by atoms with Gasteiger partial charge in [0, 0.05) is 5.69 Å². The number of benzene rings is 2. The summed E-state index contributed by atoms with van der Waals surface area (Å²) in [6.45, 7) is 0. The van der Waals surface area contributed by atoms with Crippen molar-refractivity contribution in [2.45, 2.75) is 11.1 Å². The van der Waals surface area contributed by atoms with E-state index in [1.807, 2.05) is 0 Å². The molecule has 0 atom stereocenters. The maximum atomic E-state index is 13.2. The van der Waals surface area contributed by atoms with Crippen LogP contribution in [0.2, 0.25) is 5.02 Å². The molecule has 0 heterocycles. The van der Waals surface area contributed by atoms with Gasteiger partial charge >= 0.3 is 6.18 Å². The molecule has 0 saturated heterocycles. The van der Waals surface area contributed by atoms with Gasteiger partial charge in [-0.25, -0.2) is 17.2 Å². The van der Waals surface area contributed by atoms with Gasteiger partial charge < -0.3 is 0 Å². The number of sulfonamides is 1. The van der Waals surface area contributed by atoms with Gasteiger partial charge in [-0.3, -0.25) is 4.72 Å². The zero-order chi connectivity index (χ0) is 17.4. The van der Waals surface area contributed by atoms with E-state index in [-0.39, 0.29) is 5.02 Å². The quantitative estimate of drug-likeness (QED) is 0.811. The molecule has 0 fully saturated rings. The molecule has 2 rings (SSSR count). The summed E-state index contributed by atoms with van der Waals surface area (Å²) < 4.78 is 90.1. The summed E-state index contributed by atoms with van der Waals surface area (Å²) in [7, 11) is -4.45. The van der Waals surface area contributed by atoms with Gasteiger partial charge in [-0.2, -0.15) is 13.2 Å². The third-order valence-electron chi connectivity index (χ3n) is 2.71. The molecule has 0 bridgehead atoms. The van der Waals surface area contributed by atoms with Gasteiger partial charge in [0.1, 0.15) is 16.5 Å². The van der Waals surface area contributed by atoms with Gasteiger partial charge in [0.15, 0.2) is 0 Å². The number of hydrogen-bond acceptors (Lipinski definition) is 2. The van der Waals surface area contributed by atoms with E-state index in [4.69, 9.17) is 11.6 Å². The average Bonchev–Trinajstić information content (AvgIpc) is 2.42. The van der Waals surface area contributed by atoms with Gasteiger partial charge in [0.2, 0.25) is 0 Å². The van der Waals surface area contributed by atoms with Crippen molar-refractivity contribution in [1.29, 1.82) is 0 Å². The molecule has 2 aromatic carbocycles. The Morgan fingerprint density at radius 2 is 1.65 bits per heavy atom. The van der Waals surface area contributed by atoms with Crippen molar-refractivity contribution in [1.82, 2.24) is 0 Å². The number of rotatable bonds is 3. The number of anilines is 1. The Labute approximate surface area is 132 Å². The van der Waals surface area contributed by atoms with E-state index in [2.05, 4.69) is 0 Å². The fourth-order valence-corrected chi connectivity index (χ4v) is 3.26. The molecule has 0 aliphatic rings. The molecule has 0 amide bonds. The van der Waals surface area contributed by atoms with Crippen LogP contribution in [-0.2, 0) is 16.2 Å². The summed E-state index contributed by atoms with van der Waals surface area (Å²) in [5, 5.41) is -0.322. The van der Waals surface area contributed by atoms with Crippen LogP contribution in [0.15, 0.2) is 41.3 Å². The summed E-state index contributed by atoms with van der Waals surface area (Å²) in [6.07, 6.45) is -5.00. The topological polar surface area (TPSA) is 46.2 Å². The molecule has 0 aliphatic carbocycles. The van der Waals surface area contributed by atoms with Crippen molar-refractivity contribution in [2.24, 2.45) is 0 Å². The molecule has 0 saturated carbocycles. The lowest BCUT2D eigenvalue weighted by Gasteiger charge is -2.13. The predicted octanol–water partition coefficient (Wildman–Crippen LogP) is 4.44. The second-order valence-electron chi connectivity index (χ2n) is 4.37. The molecule has 0 aromatic heterocycles. The van der Waals surface area contributed by atoms with Crippen molar-refractivity contribution in [2.75, 3.05) is 4.72 Å². The van der Waals surface area contributed by atoms with Crippen LogP contribution in [0.3, 0.4) is 0 Å². The lowest BCUT2D eigenvalue weighted by molar-refractivity contribution is -0.139. The molecule has 10 heteroatoms. The second-order valence-corrected chi connectivity index (χ2v) is 6.43. The summed E-state index contributed by atoms with van der Waals surface area (Å²) in [5.41, 5.74) is -2.18. The Morgan fingerprint density at radius 3 is 2.26 bits per heavy atom. The third kappa shape index (κ3) is 3.91. The summed E-state index contributed by atoms with van der Waals surface area (Å²) in [4.78, 5) is -0.656. The molecular weight excluding hydrogens is 365 g/mol. The van der Waals surface area contributed by atoms with Gasteiger partial charge in [0.25, 0.3) is 10.0 Å². The van der Waals surface area contributed by atoms with Crippen LogP contribution in [-0.4, -0.2) is 8.42 Å². The van der Waals surface area contributed by atoms with Crippen LogP contribution in [0.5, 0.6) is 0 Å². The normalized spacial score (nSPS) is 12.3. The molecule has 0 radical (unpaired) electrons. The highest BCUT2D eigenvalue weighted by molar-refractivity contribution is 7.92. The average molecular weight is 372 g/mol. The number of hydrogen-bond donors (Lipinski definition) is 1. The van der Waals surface area contributed by atoms with Crippen molar-refractivity contribution in [3.05, 3.63) is 58.6 Å². The Kier molecular flexibility index (Phi) is 4.54. The van der Waals surface area contributed by atoms with Gasteiger partial charge in [-0.1, -0.05) is 11.6 Å². The highest BCUT2D eigenvalue weighted by Gasteiger charge is 2.34.